The average Bonchev–Trinajstić information content (AvgIpc) is 2.32. The van der Waals surface area contributed by atoms with Gasteiger partial charge in [-0.25, -0.2) is 8.42 Å². The van der Waals surface area contributed by atoms with E-state index in [4.69, 9.17) is 5.73 Å². The first kappa shape index (κ1) is 15.5. The van der Waals surface area contributed by atoms with Crippen molar-refractivity contribution in [3.63, 3.8) is 0 Å². The van der Waals surface area contributed by atoms with Gasteiger partial charge < -0.3 is 16.2 Å². The number of amides is 1. The summed E-state index contributed by atoms with van der Waals surface area (Å²) < 4.78 is 22.8. The molecule has 0 saturated carbocycles. The fourth-order valence-electron chi connectivity index (χ4n) is 1.54. The fraction of sp³-hybridized carbons (Fsp3) is 0.417. The first-order valence-electron chi connectivity index (χ1n) is 5.83. The lowest BCUT2D eigenvalue weighted by Crippen LogP contribution is -2.28. The molecule has 0 spiro atoms. The molecule has 0 heterocycles. The molecule has 4 N–H and O–H groups in total. The SMILES string of the molecule is CCC(CN)C(=O)Nc1cc(S(C)(=O)=O)ccc1O. The summed E-state index contributed by atoms with van der Waals surface area (Å²) >= 11 is 0. The first-order valence-corrected chi connectivity index (χ1v) is 7.72. The number of carbonyl (C=O) groups excluding carboxylic acids is 1. The van der Waals surface area contributed by atoms with Crippen molar-refractivity contribution in [2.24, 2.45) is 11.7 Å². The van der Waals surface area contributed by atoms with Gasteiger partial charge in [-0.05, 0) is 24.6 Å². The molecule has 1 rings (SSSR count). The molecule has 19 heavy (non-hydrogen) atoms. The third-order valence-corrected chi connectivity index (χ3v) is 3.91. The van der Waals surface area contributed by atoms with Gasteiger partial charge in [-0.1, -0.05) is 6.92 Å². The van der Waals surface area contributed by atoms with Gasteiger partial charge in [0.25, 0.3) is 0 Å². The lowest BCUT2D eigenvalue weighted by Gasteiger charge is -2.14. The Balaban J connectivity index is 3.04. The van der Waals surface area contributed by atoms with Gasteiger partial charge in [-0.3, -0.25) is 4.79 Å². The normalized spacial score (nSPS) is 13.0. The Kier molecular flexibility index (Phi) is 4.90. The number of hydrogen-bond acceptors (Lipinski definition) is 5. The Bertz CT molecular complexity index is 565. The molecule has 0 radical (unpaired) electrons. The van der Waals surface area contributed by atoms with Gasteiger partial charge in [0.05, 0.1) is 16.5 Å². The van der Waals surface area contributed by atoms with Gasteiger partial charge in [0.2, 0.25) is 5.91 Å². The molecule has 1 amide bonds. The van der Waals surface area contributed by atoms with Crippen molar-refractivity contribution in [3.8, 4) is 5.75 Å². The largest absolute Gasteiger partial charge is 0.506 e. The van der Waals surface area contributed by atoms with Crippen LogP contribution in [0.1, 0.15) is 13.3 Å². The molecule has 1 unspecified atom stereocenters. The van der Waals surface area contributed by atoms with Crippen LogP contribution in [-0.4, -0.2) is 32.2 Å². The summed E-state index contributed by atoms with van der Waals surface area (Å²) in [6.45, 7) is 2.01. The van der Waals surface area contributed by atoms with Crippen LogP contribution in [0.5, 0.6) is 5.75 Å². The minimum Gasteiger partial charge on any atom is -0.506 e. The highest BCUT2D eigenvalue weighted by atomic mass is 32.2. The first-order chi connectivity index (χ1) is 8.79. The van der Waals surface area contributed by atoms with Crippen molar-refractivity contribution in [2.45, 2.75) is 18.2 Å². The smallest absolute Gasteiger partial charge is 0.228 e. The zero-order valence-electron chi connectivity index (χ0n) is 10.9. The number of nitrogens with one attached hydrogen (secondary N) is 1. The number of phenols is 1. The van der Waals surface area contributed by atoms with E-state index in [1.165, 1.54) is 18.2 Å². The summed E-state index contributed by atoms with van der Waals surface area (Å²) in [4.78, 5) is 11.9. The van der Waals surface area contributed by atoms with E-state index >= 15 is 0 Å². The molecule has 0 fully saturated rings. The summed E-state index contributed by atoms with van der Waals surface area (Å²) in [5.41, 5.74) is 5.53. The maximum absolute atomic E-state index is 11.8. The summed E-state index contributed by atoms with van der Waals surface area (Å²) in [7, 11) is -3.40. The topological polar surface area (TPSA) is 109 Å². The van der Waals surface area contributed by atoms with Crippen molar-refractivity contribution in [1.29, 1.82) is 0 Å². The van der Waals surface area contributed by atoms with Crippen LogP contribution in [0.15, 0.2) is 23.1 Å². The maximum atomic E-state index is 11.8. The van der Waals surface area contributed by atoms with Crippen molar-refractivity contribution >= 4 is 21.4 Å². The Morgan fingerprint density at radius 3 is 2.58 bits per heavy atom. The van der Waals surface area contributed by atoms with Crippen LogP contribution in [0.4, 0.5) is 5.69 Å². The molecule has 1 aromatic rings. The molecule has 0 aromatic heterocycles. The lowest BCUT2D eigenvalue weighted by molar-refractivity contribution is -0.119. The van der Waals surface area contributed by atoms with E-state index in [2.05, 4.69) is 5.32 Å². The molecule has 0 aliphatic heterocycles. The Morgan fingerprint density at radius 1 is 1.47 bits per heavy atom. The van der Waals surface area contributed by atoms with E-state index in [-0.39, 0.29) is 34.7 Å². The summed E-state index contributed by atoms with van der Waals surface area (Å²) in [6.07, 6.45) is 1.62. The molecular weight excluding hydrogens is 268 g/mol. The number of benzene rings is 1. The van der Waals surface area contributed by atoms with E-state index in [1.807, 2.05) is 6.92 Å². The Hall–Kier alpha value is -1.60. The highest BCUT2D eigenvalue weighted by Gasteiger charge is 2.17. The van der Waals surface area contributed by atoms with E-state index < -0.39 is 9.84 Å². The van der Waals surface area contributed by atoms with E-state index in [9.17, 15) is 18.3 Å². The number of rotatable bonds is 5. The van der Waals surface area contributed by atoms with Gasteiger partial charge >= 0.3 is 0 Å². The van der Waals surface area contributed by atoms with Crippen molar-refractivity contribution in [3.05, 3.63) is 18.2 Å². The van der Waals surface area contributed by atoms with Crippen LogP contribution in [0.3, 0.4) is 0 Å². The number of phenolic OH excluding ortho intramolecular Hbond substituents is 1. The Morgan fingerprint density at radius 2 is 2.11 bits per heavy atom. The molecule has 0 saturated heterocycles. The van der Waals surface area contributed by atoms with Gasteiger partial charge in [0.15, 0.2) is 9.84 Å². The second-order valence-corrected chi connectivity index (χ2v) is 6.30. The van der Waals surface area contributed by atoms with Crippen LogP contribution in [-0.2, 0) is 14.6 Å². The highest BCUT2D eigenvalue weighted by Crippen LogP contribution is 2.26. The standard InChI is InChI=1S/C12H18N2O4S/c1-3-8(7-13)12(16)14-10-6-9(19(2,17)18)4-5-11(10)15/h4-6,8,15H,3,7,13H2,1-2H3,(H,14,16). The minimum atomic E-state index is -3.40. The predicted octanol–water partition coefficient (Wildman–Crippen LogP) is 0.719. The summed E-state index contributed by atoms with van der Waals surface area (Å²) in [6, 6.07) is 3.74. The number of sulfone groups is 1. The van der Waals surface area contributed by atoms with Gasteiger partial charge in [-0.15, -0.1) is 0 Å². The van der Waals surface area contributed by atoms with Gasteiger partial charge in [-0.2, -0.15) is 0 Å². The summed E-state index contributed by atoms with van der Waals surface area (Å²) in [5, 5.41) is 12.1. The average molecular weight is 286 g/mol. The second kappa shape index (κ2) is 6.03. The second-order valence-electron chi connectivity index (χ2n) is 4.28. The molecule has 0 aliphatic rings. The van der Waals surface area contributed by atoms with E-state index in [0.717, 1.165) is 6.26 Å². The van der Waals surface area contributed by atoms with Crippen molar-refractivity contribution in [1.82, 2.24) is 0 Å². The number of hydrogen-bond donors (Lipinski definition) is 3. The van der Waals surface area contributed by atoms with Crippen LogP contribution in [0, 0.1) is 5.92 Å². The maximum Gasteiger partial charge on any atom is 0.228 e. The molecule has 6 nitrogen and oxygen atoms in total. The number of anilines is 1. The fourth-order valence-corrected chi connectivity index (χ4v) is 2.19. The molecule has 106 valence electrons. The minimum absolute atomic E-state index is 0.0291. The van der Waals surface area contributed by atoms with E-state index in [1.54, 1.807) is 0 Å². The molecular formula is C12H18N2O4S. The number of aromatic hydroxyl groups is 1. The highest BCUT2D eigenvalue weighted by molar-refractivity contribution is 7.90. The van der Waals surface area contributed by atoms with Crippen LogP contribution < -0.4 is 11.1 Å². The van der Waals surface area contributed by atoms with Gasteiger partial charge in [0.1, 0.15) is 5.75 Å². The number of nitrogens with two attached hydrogens (primary N) is 1. The molecule has 0 aliphatic carbocycles. The predicted molar refractivity (Wildman–Crippen MR) is 72.7 cm³/mol. The molecule has 1 atom stereocenters. The lowest BCUT2D eigenvalue weighted by atomic mass is 10.1. The number of carbonyl (C=O) groups is 1. The van der Waals surface area contributed by atoms with E-state index in [0.29, 0.717) is 6.42 Å². The molecule has 1 aromatic carbocycles. The van der Waals surface area contributed by atoms with Gasteiger partial charge in [0, 0.05) is 12.8 Å². The monoisotopic (exact) mass is 286 g/mol. The zero-order chi connectivity index (χ0) is 14.6. The van der Waals surface area contributed by atoms with Crippen molar-refractivity contribution in [2.75, 3.05) is 18.1 Å². The molecule has 7 heteroatoms. The third-order valence-electron chi connectivity index (χ3n) is 2.80. The third kappa shape index (κ3) is 3.93. The summed E-state index contributed by atoms with van der Waals surface area (Å²) in [5.74, 6) is -0.903. The van der Waals surface area contributed by atoms with Crippen molar-refractivity contribution < 1.29 is 18.3 Å². The molecule has 0 bridgehead atoms. The quantitative estimate of drug-likeness (QED) is 0.691. The zero-order valence-corrected chi connectivity index (χ0v) is 11.7. The van der Waals surface area contributed by atoms with Crippen LogP contribution in [0.25, 0.3) is 0 Å². The Labute approximate surface area is 112 Å². The van der Waals surface area contributed by atoms with Crippen LogP contribution in [0.2, 0.25) is 0 Å². The van der Waals surface area contributed by atoms with Crippen LogP contribution >= 0.6 is 0 Å².